The highest BCUT2D eigenvalue weighted by molar-refractivity contribution is 8.34. The number of unbranched alkanes of at least 4 members (excludes halogenated alkanes) is 1. The first-order valence-corrected chi connectivity index (χ1v) is 7.87. The van der Waals surface area contributed by atoms with E-state index in [9.17, 15) is 0 Å². The molecule has 0 atom stereocenters. The molecule has 0 bridgehead atoms. The quantitative estimate of drug-likeness (QED) is 0.600. The minimum atomic E-state index is -0.330. The second-order valence-electron chi connectivity index (χ2n) is 4.45. The van der Waals surface area contributed by atoms with E-state index in [1.807, 2.05) is 0 Å². The van der Waals surface area contributed by atoms with E-state index in [0.29, 0.717) is 0 Å². The zero-order chi connectivity index (χ0) is 10.5. The van der Waals surface area contributed by atoms with Gasteiger partial charge in [0, 0.05) is 0 Å². The van der Waals surface area contributed by atoms with Crippen molar-refractivity contribution in [3.63, 3.8) is 0 Å². The predicted molar refractivity (Wildman–Crippen MR) is 68.2 cm³/mol. The van der Waals surface area contributed by atoms with Crippen LogP contribution < -0.4 is 0 Å². The molecule has 0 aliphatic rings. The number of hydrogen-bond acceptors (Lipinski definition) is 0. The van der Waals surface area contributed by atoms with Crippen molar-refractivity contribution in [3.8, 4) is 0 Å². The maximum absolute atomic E-state index is 2.43. The van der Waals surface area contributed by atoms with E-state index in [0.717, 1.165) is 10.5 Å². The van der Waals surface area contributed by atoms with Gasteiger partial charge in [-0.3, -0.25) is 0 Å². The standard InChI is InChI=1S/C12H28S/c1-7-9-10-13(8-2,11(3)4)12(5)6/h11-12H,7-10H2,1-6H3. The van der Waals surface area contributed by atoms with Gasteiger partial charge in [-0.15, -0.1) is 0 Å². The summed E-state index contributed by atoms with van der Waals surface area (Å²) in [5, 5.41) is 1.81. The third-order valence-electron chi connectivity index (χ3n) is 3.29. The van der Waals surface area contributed by atoms with Gasteiger partial charge in [0.05, 0.1) is 0 Å². The molecular formula is C12H28S. The first-order chi connectivity index (χ1) is 6.01. The van der Waals surface area contributed by atoms with Crippen molar-refractivity contribution in [1.29, 1.82) is 0 Å². The Bertz CT molecular complexity index is 119. The molecule has 0 saturated heterocycles. The first kappa shape index (κ1) is 13.4. The third-order valence-corrected chi connectivity index (χ3v) is 9.17. The lowest BCUT2D eigenvalue weighted by Gasteiger charge is -2.47. The van der Waals surface area contributed by atoms with E-state index in [-0.39, 0.29) is 10.0 Å². The van der Waals surface area contributed by atoms with Crippen LogP contribution in [0.25, 0.3) is 0 Å². The van der Waals surface area contributed by atoms with Crippen molar-refractivity contribution in [1.82, 2.24) is 0 Å². The third kappa shape index (κ3) is 3.19. The normalized spacial score (nSPS) is 14.2. The fourth-order valence-corrected chi connectivity index (χ4v) is 6.72. The highest BCUT2D eigenvalue weighted by atomic mass is 32.3. The van der Waals surface area contributed by atoms with Gasteiger partial charge in [0.15, 0.2) is 0 Å². The van der Waals surface area contributed by atoms with Crippen molar-refractivity contribution in [2.45, 2.75) is 64.9 Å². The first-order valence-electron chi connectivity index (χ1n) is 5.77. The fourth-order valence-electron chi connectivity index (χ4n) is 2.24. The summed E-state index contributed by atoms with van der Waals surface area (Å²) in [6.07, 6.45) is 2.79. The Hall–Kier alpha value is 0.350. The van der Waals surface area contributed by atoms with Gasteiger partial charge >= 0.3 is 0 Å². The Morgan fingerprint density at radius 2 is 1.38 bits per heavy atom. The Kier molecular flexibility index (Phi) is 6.11. The van der Waals surface area contributed by atoms with Crippen molar-refractivity contribution in [2.24, 2.45) is 0 Å². The monoisotopic (exact) mass is 204 g/mol. The zero-order valence-electron chi connectivity index (χ0n) is 10.4. The number of hydrogen-bond donors (Lipinski definition) is 0. The van der Waals surface area contributed by atoms with Crippen LogP contribution in [0.5, 0.6) is 0 Å². The molecule has 0 aromatic rings. The molecule has 82 valence electrons. The van der Waals surface area contributed by atoms with Gasteiger partial charge in [-0.2, -0.15) is 0 Å². The Balaban J connectivity index is 4.45. The molecule has 0 unspecified atom stereocenters. The summed E-state index contributed by atoms with van der Waals surface area (Å²) < 4.78 is 0. The summed E-state index contributed by atoms with van der Waals surface area (Å²) in [6.45, 7) is 14.4. The lowest BCUT2D eigenvalue weighted by molar-refractivity contribution is 0.870. The van der Waals surface area contributed by atoms with Crippen LogP contribution in [0.1, 0.15) is 54.4 Å². The Labute approximate surface area is 86.8 Å². The molecule has 1 heteroatoms. The van der Waals surface area contributed by atoms with Crippen LogP contribution in [-0.4, -0.2) is 22.0 Å². The Morgan fingerprint density at radius 1 is 0.923 bits per heavy atom. The summed E-state index contributed by atoms with van der Waals surface area (Å²) in [6, 6.07) is 0. The molecule has 0 nitrogen and oxygen atoms in total. The zero-order valence-corrected chi connectivity index (χ0v) is 11.2. The molecule has 0 fully saturated rings. The molecule has 0 aromatic heterocycles. The summed E-state index contributed by atoms with van der Waals surface area (Å²) in [5.41, 5.74) is 0. The molecule has 0 rings (SSSR count). The van der Waals surface area contributed by atoms with Crippen LogP contribution in [0.15, 0.2) is 0 Å². The van der Waals surface area contributed by atoms with Gasteiger partial charge < -0.3 is 0 Å². The van der Waals surface area contributed by atoms with Crippen molar-refractivity contribution < 1.29 is 0 Å². The van der Waals surface area contributed by atoms with E-state index < -0.39 is 0 Å². The van der Waals surface area contributed by atoms with Crippen LogP contribution in [0.2, 0.25) is 0 Å². The largest absolute Gasteiger partial charge is 0.237 e. The average Bonchev–Trinajstić information content (AvgIpc) is 2.05. The summed E-state index contributed by atoms with van der Waals surface area (Å²) in [5.74, 6) is 2.91. The summed E-state index contributed by atoms with van der Waals surface area (Å²) >= 11 is 0. The van der Waals surface area contributed by atoms with Crippen molar-refractivity contribution in [3.05, 3.63) is 0 Å². The van der Waals surface area contributed by atoms with E-state index in [2.05, 4.69) is 41.5 Å². The molecule has 0 spiro atoms. The van der Waals surface area contributed by atoms with Crippen LogP contribution in [0, 0.1) is 0 Å². The summed E-state index contributed by atoms with van der Waals surface area (Å²) in [7, 11) is -0.330. The van der Waals surface area contributed by atoms with Crippen LogP contribution >= 0.6 is 10.0 Å². The molecule has 0 amide bonds. The lowest BCUT2D eigenvalue weighted by atomic mass is 10.4. The second-order valence-corrected chi connectivity index (χ2v) is 9.34. The highest BCUT2D eigenvalue weighted by Crippen LogP contribution is 2.56. The minimum absolute atomic E-state index is 0.330. The molecule has 0 aliphatic heterocycles. The van der Waals surface area contributed by atoms with Crippen molar-refractivity contribution >= 4 is 10.0 Å². The van der Waals surface area contributed by atoms with Crippen LogP contribution in [0.4, 0.5) is 0 Å². The topological polar surface area (TPSA) is 0 Å². The maximum atomic E-state index is 2.43. The van der Waals surface area contributed by atoms with Crippen LogP contribution in [0.3, 0.4) is 0 Å². The lowest BCUT2D eigenvalue weighted by Crippen LogP contribution is -2.26. The average molecular weight is 204 g/mol. The smallest absolute Gasteiger partial charge is 0.0166 e. The molecule has 13 heavy (non-hydrogen) atoms. The van der Waals surface area contributed by atoms with Gasteiger partial charge in [0.2, 0.25) is 0 Å². The molecule has 0 aliphatic carbocycles. The molecule has 0 heterocycles. The summed E-state index contributed by atoms with van der Waals surface area (Å²) in [4.78, 5) is 0. The predicted octanol–water partition coefficient (Wildman–Crippen LogP) is 4.43. The van der Waals surface area contributed by atoms with Crippen molar-refractivity contribution in [2.75, 3.05) is 11.5 Å². The van der Waals surface area contributed by atoms with Gasteiger partial charge in [-0.1, -0.05) is 48.0 Å². The second kappa shape index (κ2) is 5.95. The molecular weight excluding hydrogens is 176 g/mol. The van der Waals surface area contributed by atoms with E-state index in [1.165, 1.54) is 24.3 Å². The van der Waals surface area contributed by atoms with Gasteiger partial charge in [-0.25, -0.2) is 10.0 Å². The highest BCUT2D eigenvalue weighted by Gasteiger charge is 2.28. The van der Waals surface area contributed by atoms with Gasteiger partial charge in [-0.05, 0) is 28.4 Å². The molecule has 0 saturated carbocycles. The van der Waals surface area contributed by atoms with E-state index >= 15 is 0 Å². The van der Waals surface area contributed by atoms with Crippen LogP contribution in [-0.2, 0) is 0 Å². The Morgan fingerprint density at radius 3 is 1.62 bits per heavy atom. The van der Waals surface area contributed by atoms with Gasteiger partial charge in [0.1, 0.15) is 0 Å². The molecule has 0 radical (unpaired) electrons. The van der Waals surface area contributed by atoms with E-state index in [4.69, 9.17) is 0 Å². The fraction of sp³-hybridized carbons (Fsp3) is 1.00. The molecule has 0 aromatic carbocycles. The number of rotatable bonds is 6. The van der Waals surface area contributed by atoms with E-state index in [1.54, 1.807) is 0 Å². The minimum Gasteiger partial charge on any atom is -0.237 e. The maximum Gasteiger partial charge on any atom is -0.0166 e. The SMILES string of the molecule is CCCCS(CC)(C(C)C)C(C)C. The molecule has 0 N–H and O–H groups in total. The van der Waals surface area contributed by atoms with Gasteiger partial charge in [0.25, 0.3) is 0 Å².